The van der Waals surface area contributed by atoms with Crippen LogP contribution in [-0.2, 0) is 4.79 Å². The van der Waals surface area contributed by atoms with Crippen molar-refractivity contribution in [1.29, 1.82) is 0 Å². The molecule has 0 spiro atoms. The number of aliphatic hydroxyl groups excluding tert-OH is 1. The highest BCUT2D eigenvalue weighted by molar-refractivity contribution is 5.95. The SMILES string of the molecule is Cc1ccc(NC(=O)C(O)c2ccc(F)cc2)c(C)c1. The van der Waals surface area contributed by atoms with Crippen LogP contribution in [0.25, 0.3) is 0 Å². The molecule has 104 valence electrons. The Morgan fingerprint density at radius 3 is 2.40 bits per heavy atom. The number of rotatable bonds is 3. The molecular weight excluding hydrogens is 257 g/mol. The van der Waals surface area contributed by atoms with Crippen molar-refractivity contribution in [2.75, 3.05) is 5.32 Å². The molecule has 0 saturated heterocycles. The summed E-state index contributed by atoms with van der Waals surface area (Å²) in [6, 6.07) is 10.8. The molecule has 0 radical (unpaired) electrons. The molecular formula is C16H16FNO2. The number of nitrogens with one attached hydrogen (secondary N) is 1. The Morgan fingerprint density at radius 2 is 1.80 bits per heavy atom. The van der Waals surface area contributed by atoms with Gasteiger partial charge in [-0.3, -0.25) is 4.79 Å². The Kier molecular flexibility index (Phi) is 4.15. The van der Waals surface area contributed by atoms with Crippen molar-refractivity contribution in [3.05, 3.63) is 65.0 Å². The third-order valence-electron chi connectivity index (χ3n) is 3.07. The molecule has 0 fully saturated rings. The number of aryl methyl sites for hydroxylation is 2. The predicted octanol–water partition coefficient (Wildman–Crippen LogP) is 3.11. The van der Waals surface area contributed by atoms with Gasteiger partial charge in [0.2, 0.25) is 0 Å². The lowest BCUT2D eigenvalue weighted by Gasteiger charge is -2.13. The summed E-state index contributed by atoms with van der Waals surface area (Å²) in [6.45, 7) is 3.85. The molecule has 0 aromatic heterocycles. The van der Waals surface area contributed by atoms with Crippen LogP contribution in [0.4, 0.5) is 10.1 Å². The molecule has 3 nitrogen and oxygen atoms in total. The van der Waals surface area contributed by atoms with Gasteiger partial charge in [-0.1, -0.05) is 29.8 Å². The first kappa shape index (κ1) is 14.2. The van der Waals surface area contributed by atoms with E-state index >= 15 is 0 Å². The largest absolute Gasteiger partial charge is 0.378 e. The molecule has 4 heteroatoms. The van der Waals surface area contributed by atoms with Crippen LogP contribution in [0.5, 0.6) is 0 Å². The average molecular weight is 273 g/mol. The highest BCUT2D eigenvalue weighted by Gasteiger charge is 2.18. The van der Waals surface area contributed by atoms with Crippen LogP contribution in [0, 0.1) is 19.7 Å². The molecule has 2 aromatic carbocycles. The van der Waals surface area contributed by atoms with Crippen molar-refractivity contribution in [2.45, 2.75) is 20.0 Å². The summed E-state index contributed by atoms with van der Waals surface area (Å²) in [4.78, 5) is 12.0. The minimum Gasteiger partial charge on any atom is -0.378 e. The first-order chi connectivity index (χ1) is 9.47. The third-order valence-corrected chi connectivity index (χ3v) is 3.07. The molecule has 1 unspecified atom stereocenters. The van der Waals surface area contributed by atoms with E-state index in [4.69, 9.17) is 0 Å². The molecule has 2 N–H and O–H groups in total. The van der Waals surface area contributed by atoms with E-state index in [0.29, 0.717) is 11.3 Å². The van der Waals surface area contributed by atoms with Crippen LogP contribution < -0.4 is 5.32 Å². The lowest BCUT2D eigenvalue weighted by Crippen LogP contribution is -2.21. The Morgan fingerprint density at radius 1 is 1.15 bits per heavy atom. The quantitative estimate of drug-likeness (QED) is 0.902. The van der Waals surface area contributed by atoms with E-state index < -0.39 is 17.8 Å². The van der Waals surface area contributed by atoms with Crippen molar-refractivity contribution >= 4 is 11.6 Å². The number of aliphatic hydroxyl groups is 1. The average Bonchev–Trinajstić information content (AvgIpc) is 2.42. The van der Waals surface area contributed by atoms with E-state index in [0.717, 1.165) is 11.1 Å². The van der Waals surface area contributed by atoms with Crippen molar-refractivity contribution in [3.8, 4) is 0 Å². The Bertz CT molecular complexity index is 623. The molecule has 0 aliphatic carbocycles. The Labute approximate surface area is 117 Å². The Hall–Kier alpha value is -2.20. The fraction of sp³-hybridized carbons (Fsp3) is 0.188. The maximum absolute atomic E-state index is 12.8. The van der Waals surface area contributed by atoms with E-state index in [1.807, 2.05) is 26.0 Å². The molecule has 0 bridgehead atoms. The van der Waals surface area contributed by atoms with E-state index in [-0.39, 0.29) is 0 Å². The van der Waals surface area contributed by atoms with Crippen molar-refractivity contribution in [1.82, 2.24) is 0 Å². The second-order valence-corrected chi connectivity index (χ2v) is 4.76. The van der Waals surface area contributed by atoms with Gasteiger partial charge in [0.25, 0.3) is 5.91 Å². The number of carbonyl (C=O) groups is 1. The molecule has 2 aromatic rings. The van der Waals surface area contributed by atoms with Gasteiger partial charge in [-0.15, -0.1) is 0 Å². The summed E-state index contributed by atoms with van der Waals surface area (Å²) >= 11 is 0. The maximum atomic E-state index is 12.8. The fourth-order valence-electron chi connectivity index (χ4n) is 1.95. The lowest BCUT2D eigenvalue weighted by molar-refractivity contribution is -0.124. The molecule has 20 heavy (non-hydrogen) atoms. The predicted molar refractivity (Wildman–Crippen MR) is 75.9 cm³/mol. The van der Waals surface area contributed by atoms with E-state index in [2.05, 4.69) is 5.32 Å². The van der Waals surface area contributed by atoms with Gasteiger partial charge in [-0.25, -0.2) is 4.39 Å². The van der Waals surface area contributed by atoms with Crippen LogP contribution in [0.15, 0.2) is 42.5 Å². The van der Waals surface area contributed by atoms with Crippen LogP contribution >= 0.6 is 0 Å². The zero-order chi connectivity index (χ0) is 14.7. The summed E-state index contributed by atoms with van der Waals surface area (Å²) in [5, 5.41) is 12.6. The number of amides is 1. The van der Waals surface area contributed by atoms with Crippen molar-refractivity contribution < 1.29 is 14.3 Å². The van der Waals surface area contributed by atoms with Crippen LogP contribution in [-0.4, -0.2) is 11.0 Å². The van der Waals surface area contributed by atoms with Gasteiger partial charge >= 0.3 is 0 Å². The van der Waals surface area contributed by atoms with Crippen LogP contribution in [0.2, 0.25) is 0 Å². The monoisotopic (exact) mass is 273 g/mol. The second kappa shape index (κ2) is 5.84. The van der Waals surface area contributed by atoms with Gasteiger partial charge in [-0.05, 0) is 43.2 Å². The number of anilines is 1. The number of benzene rings is 2. The van der Waals surface area contributed by atoms with Crippen molar-refractivity contribution in [2.24, 2.45) is 0 Å². The van der Waals surface area contributed by atoms with Gasteiger partial charge in [0.05, 0.1) is 0 Å². The number of halogens is 1. The smallest absolute Gasteiger partial charge is 0.257 e. The van der Waals surface area contributed by atoms with Crippen LogP contribution in [0.1, 0.15) is 22.8 Å². The number of hydrogen-bond acceptors (Lipinski definition) is 2. The van der Waals surface area contributed by atoms with Gasteiger partial charge in [0, 0.05) is 5.69 Å². The van der Waals surface area contributed by atoms with Crippen molar-refractivity contribution in [3.63, 3.8) is 0 Å². The molecule has 0 heterocycles. The minimum absolute atomic E-state index is 0.355. The fourth-order valence-corrected chi connectivity index (χ4v) is 1.95. The summed E-state index contributed by atoms with van der Waals surface area (Å²) in [5.41, 5.74) is 3.03. The lowest BCUT2D eigenvalue weighted by atomic mass is 10.1. The highest BCUT2D eigenvalue weighted by Crippen LogP contribution is 2.19. The molecule has 1 amide bonds. The number of carbonyl (C=O) groups excluding carboxylic acids is 1. The molecule has 0 aliphatic heterocycles. The molecule has 0 saturated carbocycles. The first-order valence-corrected chi connectivity index (χ1v) is 6.29. The zero-order valence-electron chi connectivity index (χ0n) is 11.4. The Balaban J connectivity index is 2.13. The highest BCUT2D eigenvalue weighted by atomic mass is 19.1. The third kappa shape index (κ3) is 3.22. The van der Waals surface area contributed by atoms with Gasteiger partial charge < -0.3 is 10.4 Å². The molecule has 2 rings (SSSR count). The zero-order valence-corrected chi connectivity index (χ0v) is 11.4. The topological polar surface area (TPSA) is 49.3 Å². The summed E-state index contributed by atoms with van der Waals surface area (Å²) < 4.78 is 12.8. The van der Waals surface area contributed by atoms with E-state index in [1.54, 1.807) is 6.07 Å². The van der Waals surface area contributed by atoms with Crippen LogP contribution in [0.3, 0.4) is 0 Å². The summed E-state index contributed by atoms with van der Waals surface area (Å²) in [7, 11) is 0. The second-order valence-electron chi connectivity index (χ2n) is 4.76. The minimum atomic E-state index is -1.32. The van der Waals surface area contributed by atoms with E-state index in [9.17, 15) is 14.3 Å². The van der Waals surface area contributed by atoms with Gasteiger partial charge in [-0.2, -0.15) is 0 Å². The standard InChI is InChI=1S/C16H16FNO2/c1-10-3-8-14(11(2)9-10)18-16(20)15(19)12-4-6-13(17)7-5-12/h3-9,15,19H,1-2H3,(H,18,20). The summed E-state index contributed by atoms with van der Waals surface area (Å²) in [5.74, 6) is -0.945. The normalized spacial score (nSPS) is 12.0. The summed E-state index contributed by atoms with van der Waals surface area (Å²) in [6.07, 6.45) is -1.32. The van der Waals surface area contributed by atoms with E-state index in [1.165, 1.54) is 24.3 Å². The first-order valence-electron chi connectivity index (χ1n) is 6.29. The molecule has 0 aliphatic rings. The van der Waals surface area contributed by atoms with Gasteiger partial charge in [0.15, 0.2) is 6.10 Å². The maximum Gasteiger partial charge on any atom is 0.257 e. The van der Waals surface area contributed by atoms with Gasteiger partial charge in [0.1, 0.15) is 5.82 Å². The molecule has 1 atom stereocenters. The number of hydrogen-bond donors (Lipinski definition) is 2.